The first-order valence-electron chi connectivity index (χ1n) is 6.97. The summed E-state index contributed by atoms with van der Waals surface area (Å²) in [4.78, 5) is 4.28. The van der Waals surface area contributed by atoms with Crippen LogP contribution in [0.2, 0.25) is 0 Å². The van der Waals surface area contributed by atoms with Gasteiger partial charge in [0.25, 0.3) is 0 Å². The van der Waals surface area contributed by atoms with Gasteiger partial charge >= 0.3 is 0 Å². The van der Waals surface area contributed by atoms with E-state index in [-0.39, 0.29) is 5.92 Å². The number of methoxy groups -OCH3 is 1. The second-order valence-corrected chi connectivity index (χ2v) is 5.10. The Morgan fingerprint density at radius 3 is 2.67 bits per heavy atom. The Morgan fingerprint density at radius 1 is 1.38 bits per heavy atom. The molecule has 0 saturated carbocycles. The number of guanidine groups is 1. The van der Waals surface area contributed by atoms with E-state index in [1.807, 2.05) is 31.2 Å². The van der Waals surface area contributed by atoms with Crippen molar-refractivity contribution in [1.82, 2.24) is 5.32 Å². The molecule has 0 saturated heterocycles. The lowest BCUT2D eigenvalue weighted by Gasteiger charge is -2.14. The van der Waals surface area contributed by atoms with E-state index >= 15 is 0 Å². The molecule has 116 valence electrons. The SMILES string of the molecule is C=C(C)CNC(N)=NCC(C)COc1ccccc1OC. The Labute approximate surface area is 126 Å². The minimum atomic E-state index is 0.250. The first-order valence-corrected chi connectivity index (χ1v) is 6.97. The largest absolute Gasteiger partial charge is 0.493 e. The van der Waals surface area contributed by atoms with Gasteiger partial charge in [0.2, 0.25) is 0 Å². The van der Waals surface area contributed by atoms with Gasteiger partial charge in [0.1, 0.15) is 0 Å². The zero-order valence-corrected chi connectivity index (χ0v) is 13.1. The molecule has 5 nitrogen and oxygen atoms in total. The molecule has 0 aliphatic carbocycles. The maximum absolute atomic E-state index is 5.76. The quantitative estimate of drug-likeness (QED) is 0.437. The van der Waals surface area contributed by atoms with E-state index in [1.165, 1.54) is 0 Å². The molecule has 1 rings (SSSR count). The molecule has 1 unspecified atom stereocenters. The molecular weight excluding hydrogens is 266 g/mol. The van der Waals surface area contributed by atoms with Crippen LogP contribution in [0.15, 0.2) is 41.4 Å². The smallest absolute Gasteiger partial charge is 0.188 e. The van der Waals surface area contributed by atoms with Gasteiger partial charge in [-0.2, -0.15) is 0 Å². The number of aliphatic imine (C=N–C) groups is 1. The Balaban J connectivity index is 2.38. The predicted octanol–water partition coefficient (Wildman–Crippen LogP) is 2.19. The van der Waals surface area contributed by atoms with Crippen LogP contribution in [0.5, 0.6) is 11.5 Å². The summed E-state index contributed by atoms with van der Waals surface area (Å²) in [6.07, 6.45) is 0. The summed E-state index contributed by atoms with van der Waals surface area (Å²) < 4.78 is 11.0. The minimum absolute atomic E-state index is 0.250. The summed E-state index contributed by atoms with van der Waals surface area (Å²) in [5.41, 5.74) is 6.77. The molecule has 0 amide bonds. The van der Waals surface area contributed by atoms with Gasteiger partial charge in [0.15, 0.2) is 17.5 Å². The van der Waals surface area contributed by atoms with Crippen molar-refractivity contribution in [2.75, 3.05) is 26.8 Å². The number of benzene rings is 1. The lowest BCUT2D eigenvalue weighted by molar-refractivity contribution is 0.251. The second-order valence-electron chi connectivity index (χ2n) is 5.10. The molecule has 5 heteroatoms. The molecule has 0 bridgehead atoms. The third kappa shape index (κ3) is 6.70. The number of para-hydroxylation sites is 2. The van der Waals surface area contributed by atoms with Crippen molar-refractivity contribution in [2.24, 2.45) is 16.6 Å². The number of rotatable bonds is 8. The van der Waals surface area contributed by atoms with Crippen molar-refractivity contribution >= 4 is 5.96 Å². The van der Waals surface area contributed by atoms with Crippen LogP contribution in [0.4, 0.5) is 0 Å². The standard InChI is InChI=1S/C16H25N3O2/c1-12(2)9-18-16(17)19-10-13(3)11-21-15-8-6-5-7-14(15)20-4/h5-8,13H,1,9-11H2,2-4H3,(H3,17,18,19). The van der Waals surface area contributed by atoms with E-state index in [9.17, 15) is 0 Å². The molecule has 0 spiro atoms. The maximum atomic E-state index is 5.76. The Hall–Kier alpha value is -2.17. The van der Waals surface area contributed by atoms with Crippen molar-refractivity contribution in [3.05, 3.63) is 36.4 Å². The fraction of sp³-hybridized carbons (Fsp3) is 0.438. The predicted molar refractivity (Wildman–Crippen MR) is 87.0 cm³/mol. The first kappa shape index (κ1) is 16.9. The number of nitrogens with two attached hydrogens (primary N) is 1. The van der Waals surface area contributed by atoms with E-state index in [4.69, 9.17) is 15.2 Å². The molecule has 1 aromatic rings. The third-order valence-electron chi connectivity index (χ3n) is 2.74. The Kier molecular flexibility index (Phi) is 7.15. The number of ether oxygens (including phenoxy) is 2. The van der Waals surface area contributed by atoms with Gasteiger partial charge in [0.05, 0.1) is 13.7 Å². The Morgan fingerprint density at radius 2 is 2.05 bits per heavy atom. The average molecular weight is 291 g/mol. The summed E-state index contributed by atoms with van der Waals surface area (Å²) in [5.74, 6) is 2.15. The summed E-state index contributed by atoms with van der Waals surface area (Å²) >= 11 is 0. The normalized spacial score (nSPS) is 12.6. The molecule has 1 aromatic carbocycles. The molecule has 3 N–H and O–H groups in total. The van der Waals surface area contributed by atoms with Gasteiger partial charge < -0.3 is 20.5 Å². The molecular formula is C16H25N3O2. The molecule has 0 aromatic heterocycles. The van der Waals surface area contributed by atoms with E-state index in [1.54, 1.807) is 7.11 Å². The monoisotopic (exact) mass is 291 g/mol. The lowest BCUT2D eigenvalue weighted by Crippen LogP contribution is -2.33. The van der Waals surface area contributed by atoms with Gasteiger partial charge in [-0.15, -0.1) is 0 Å². The highest BCUT2D eigenvalue weighted by atomic mass is 16.5. The van der Waals surface area contributed by atoms with Crippen LogP contribution in [0.25, 0.3) is 0 Å². The van der Waals surface area contributed by atoms with Crippen LogP contribution in [-0.2, 0) is 0 Å². The fourth-order valence-corrected chi connectivity index (χ4v) is 1.57. The van der Waals surface area contributed by atoms with Gasteiger partial charge in [-0.1, -0.05) is 31.2 Å². The van der Waals surface area contributed by atoms with E-state index < -0.39 is 0 Å². The van der Waals surface area contributed by atoms with Crippen molar-refractivity contribution in [2.45, 2.75) is 13.8 Å². The number of hydrogen-bond acceptors (Lipinski definition) is 3. The highest BCUT2D eigenvalue weighted by molar-refractivity contribution is 5.78. The topological polar surface area (TPSA) is 68.9 Å². The average Bonchev–Trinajstić information content (AvgIpc) is 2.49. The second kappa shape index (κ2) is 8.89. The van der Waals surface area contributed by atoms with Gasteiger partial charge in [-0.3, -0.25) is 4.99 Å². The zero-order valence-electron chi connectivity index (χ0n) is 13.1. The van der Waals surface area contributed by atoms with Crippen LogP contribution in [0.1, 0.15) is 13.8 Å². The highest BCUT2D eigenvalue weighted by Gasteiger charge is 2.06. The zero-order chi connectivity index (χ0) is 15.7. The van der Waals surface area contributed by atoms with Gasteiger partial charge in [0, 0.05) is 19.0 Å². The van der Waals surface area contributed by atoms with Crippen molar-refractivity contribution in [3.63, 3.8) is 0 Å². The van der Waals surface area contributed by atoms with Crippen LogP contribution in [0, 0.1) is 5.92 Å². The fourth-order valence-electron chi connectivity index (χ4n) is 1.57. The van der Waals surface area contributed by atoms with E-state index in [2.05, 4.69) is 23.8 Å². The summed E-state index contributed by atoms with van der Waals surface area (Å²) in [6, 6.07) is 7.59. The van der Waals surface area contributed by atoms with Crippen LogP contribution >= 0.6 is 0 Å². The molecule has 1 atom stereocenters. The lowest BCUT2D eigenvalue weighted by atomic mass is 10.2. The first-order chi connectivity index (χ1) is 10.0. The highest BCUT2D eigenvalue weighted by Crippen LogP contribution is 2.26. The number of hydrogen-bond donors (Lipinski definition) is 2. The van der Waals surface area contributed by atoms with Crippen molar-refractivity contribution < 1.29 is 9.47 Å². The van der Waals surface area contributed by atoms with E-state index in [0.29, 0.717) is 25.7 Å². The molecule has 0 radical (unpaired) electrons. The third-order valence-corrected chi connectivity index (χ3v) is 2.74. The number of nitrogens with zero attached hydrogens (tertiary/aromatic N) is 1. The molecule has 0 aliphatic rings. The van der Waals surface area contributed by atoms with Crippen molar-refractivity contribution in [1.29, 1.82) is 0 Å². The van der Waals surface area contributed by atoms with Gasteiger partial charge in [-0.05, 0) is 19.1 Å². The number of nitrogens with one attached hydrogen (secondary N) is 1. The maximum Gasteiger partial charge on any atom is 0.188 e. The molecule has 0 aliphatic heterocycles. The van der Waals surface area contributed by atoms with Crippen LogP contribution in [-0.4, -0.2) is 32.8 Å². The summed E-state index contributed by atoms with van der Waals surface area (Å²) in [6.45, 7) is 9.59. The molecule has 0 fully saturated rings. The molecule has 21 heavy (non-hydrogen) atoms. The van der Waals surface area contributed by atoms with Crippen LogP contribution < -0.4 is 20.5 Å². The Bertz CT molecular complexity index is 486. The molecule has 0 heterocycles. The summed E-state index contributed by atoms with van der Waals surface area (Å²) in [7, 11) is 1.63. The van der Waals surface area contributed by atoms with E-state index in [0.717, 1.165) is 17.1 Å². The van der Waals surface area contributed by atoms with Gasteiger partial charge in [-0.25, -0.2) is 0 Å². The van der Waals surface area contributed by atoms with Crippen molar-refractivity contribution in [3.8, 4) is 11.5 Å². The van der Waals surface area contributed by atoms with Crippen LogP contribution in [0.3, 0.4) is 0 Å². The summed E-state index contributed by atoms with van der Waals surface area (Å²) in [5, 5.41) is 3.00. The minimum Gasteiger partial charge on any atom is -0.493 e.